The van der Waals surface area contributed by atoms with Crippen molar-refractivity contribution in [2.45, 2.75) is 57.2 Å². The third kappa shape index (κ3) is 3.87. The maximum Gasteiger partial charge on any atom is 0.244 e. The first-order chi connectivity index (χ1) is 12.7. The second-order valence-corrected chi connectivity index (χ2v) is 7.51. The van der Waals surface area contributed by atoms with E-state index in [9.17, 15) is 9.59 Å². The summed E-state index contributed by atoms with van der Waals surface area (Å²) < 4.78 is 6.93. The number of tetrazole rings is 1. The van der Waals surface area contributed by atoms with Gasteiger partial charge < -0.3 is 14.5 Å². The topological polar surface area (TPSA) is 93.5 Å². The molecule has 26 heavy (non-hydrogen) atoms. The SMILES string of the molecule is O=C(Cn1cnnn1)N1CCCC(N(C(=O)C2CC2)C2CCOCC2)C1. The van der Waals surface area contributed by atoms with Crippen LogP contribution in [0.4, 0.5) is 0 Å². The molecule has 9 nitrogen and oxygen atoms in total. The predicted octanol–water partition coefficient (Wildman–Crippen LogP) is 0.0817. The van der Waals surface area contributed by atoms with Gasteiger partial charge in [0.1, 0.15) is 12.9 Å². The summed E-state index contributed by atoms with van der Waals surface area (Å²) in [5, 5.41) is 10.9. The van der Waals surface area contributed by atoms with Gasteiger partial charge in [0.05, 0.1) is 0 Å². The lowest BCUT2D eigenvalue weighted by molar-refractivity contribution is -0.145. The van der Waals surface area contributed by atoms with Crippen molar-refractivity contribution in [2.24, 2.45) is 5.92 Å². The molecule has 1 unspecified atom stereocenters. The summed E-state index contributed by atoms with van der Waals surface area (Å²) >= 11 is 0. The fourth-order valence-corrected chi connectivity index (χ4v) is 4.06. The number of carbonyl (C=O) groups excluding carboxylic acids is 2. The average Bonchev–Trinajstić information content (AvgIpc) is 3.41. The molecule has 0 radical (unpaired) electrons. The lowest BCUT2D eigenvalue weighted by Gasteiger charge is -2.44. The Hall–Kier alpha value is -2.03. The van der Waals surface area contributed by atoms with Crippen LogP contribution in [0.15, 0.2) is 6.33 Å². The predicted molar refractivity (Wildman–Crippen MR) is 90.8 cm³/mol. The van der Waals surface area contributed by atoms with E-state index < -0.39 is 0 Å². The van der Waals surface area contributed by atoms with Crippen LogP contribution in [-0.4, -0.2) is 80.2 Å². The van der Waals surface area contributed by atoms with Crippen molar-refractivity contribution in [1.82, 2.24) is 30.0 Å². The molecule has 2 saturated heterocycles. The lowest BCUT2D eigenvalue weighted by atomic mass is 9.97. The van der Waals surface area contributed by atoms with Gasteiger partial charge in [-0.25, -0.2) is 4.68 Å². The fourth-order valence-electron chi connectivity index (χ4n) is 4.06. The van der Waals surface area contributed by atoms with Crippen molar-refractivity contribution in [3.63, 3.8) is 0 Å². The number of likely N-dealkylation sites (tertiary alicyclic amines) is 1. The van der Waals surface area contributed by atoms with Crippen LogP contribution >= 0.6 is 0 Å². The summed E-state index contributed by atoms with van der Waals surface area (Å²) in [5.41, 5.74) is 0. The first-order valence-corrected chi connectivity index (χ1v) is 9.61. The second-order valence-electron chi connectivity index (χ2n) is 7.51. The molecule has 4 rings (SSSR count). The molecule has 3 fully saturated rings. The van der Waals surface area contributed by atoms with Crippen LogP contribution in [0.2, 0.25) is 0 Å². The molecule has 142 valence electrons. The van der Waals surface area contributed by atoms with E-state index in [2.05, 4.69) is 20.4 Å². The maximum absolute atomic E-state index is 13.0. The summed E-state index contributed by atoms with van der Waals surface area (Å²) in [7, 11) is 0. The number of aromatic nitrogens is 4. The van der Waals surface area contributed by atoms with Crippen LogP contribution in [0.1, 0.15) is 38.5 Å². The Morgan fingerprint density at radius 2 is 1.92 bits per heavy atom. The van der Waals surface area contributed by atoms with Crippen LogP contribution in [-0.2, 0) is 20.9 Å². The van der Waals surface area contributed by atoms with E-state index in [1.807, 2.05) is 4.90 Å². The summed E-state index contributed by atoms with van der Waals surface area (Å²) in [6.07, 6.45) is 7.14. The van der Waals surface area contributed by atoms with E-state index in [1.54, 1.807) is 0 Å². The number of piperidine rings is 1. The zero-order valence-corrected chi connectivity index (χ0v) is 15.0. The molecule has 2 aliphatic heterocycles. The smallest absolute Gasteiger partial charge is 0.244 e. The van der Waals surface area contributed by atoms with E-state index in [4.69, 9.17) is 4.74 Å². The molecule has 1 atom stereocenters. The van der Waals surface area contributed by atoms with Gasteiger partial charge in [-0.15, -0.1) is 5.10 Å². The fraction of sp³-hybridized carbons (Fsp3) is 0.824. The van der Waals surface area contributed by atoms with Crippen molar-refractivity contribution in [3.05, 3.63) is 6.33 Å². The first kappa shape index (κ1) is 17.4. The van der Waals surface area contributed by atoms with Gasteiger partial charge in [0, 0.05) is 44.3 Å². The maximum atomic E-state index is 13.0. The third-order valence-electron chi connectivity index (χ3n) is 5.60. The number of hydrogen-bond donors (Lipinski definition) is 0. The minimum Gasteiger partial charge on any atom is -0.381 e. The van der Waals surface area contributed by atoms with Gasteiger partial charge >= 0.3 is 0 Å². The molecule has 1 aromatic rings. The van der Waals surface area contributed by atoms with Crippen LogP contribution in [0.5, 0.6) is 0 Å². The summed E-state index contributed by atoms with van der Waals surface area (Å²) in [6, 6.07) is 0.356. The zero-order valence-electron chi connectivity index (χ0n) is 15.0. The minimum absolute atomic E-state index is 0.00722. The van der Waals surface area contributed by atoms with E-state index >= 15 is 0 Å². The van der Waals surface area contributed by atoms with Crippen LogP contribution in [0, 0.1) is 5.92 Å². The quantitative estimate of drug-likeness (QED) is 0.736. The standard InChI is InChI=1S/C17H26N6O3/c24-16(11-22-12-18-19-20-22)21-7-1-2-15(10-21)23(17(25)13-3-4-13)14-5-8-26-9-6-14/h12-15H,1-11H2. The van der Waals surface area contributed by atoms with Crippen LogP contribution in [0.25, 0.3) is 0 Å². The van der Waals surface area contributed by atoms with Crippen molar-refractivity contribution in [1.29, 1.82) is 0 Å². The highest BCUT2D eigenvalue weighted by molar-refractivity contribution is 5.82. The van der Waals surface area contributed by atoms with Crippen LogP contribution in [0.3, 0.4) is 0 Å². The number of amides is 2. The normalized spacial score (nSPS) is 24.5. The van der Waals surface area contributed by atoms with E-state index in [0.29, 0.717) is 19.8 Å². The Morgan fingerprint density at radius 3 is 2.62 bits per heavy atom. The minimum atomic E-state index is 0.00722. The molecule has 9 heteroatoms. The number of ether oxygens (including phenoxy) is 1. The van der Waals surface area contributed by atoms with Crippen LogP contribution < -0.4 is 0 Å². The molecule has 1 saturated carbocycles. The monoisotopic (exact) mass is 362 g/mol. The van der Waals surface area contributed by atoms with Crippen molar-refractivity contribution < 1.29 is 14.3 Å². The van der Waals surface area contributed by atoms with Crippen molar-refractivity contribution in [2.75, 3.05) is 26.3 Å². The van der Waals surface area contributed by atoms with Gasteiger partial charge in [-0.1, -0.05) is 0 Å². The molecule has 1 aromatic heterocycles. The molecule has 1 aliphatic carbocycles. The van der Waals surface area contributed by atoms with Gasteiger partial charge in [-0.2, -0.15) is 0 Å². The first-order valence-electron chi connectivity index (χ1n) is 9.61. The summed E-state index contributed by atoms with van der Waals surface area (Å²) in [6.45, 7) is 2.92. The highest BCUT2D eigenvalue weighted by Gasteiger charge is 2.41. The van der Waals surface area contributed by atoms with E-state index in [-0.39, 0.29) is 36.4 Å². The molecule has 0 aromatic carbocycles. The zero-order chi connectivity index (χ0) is 17.9. The highest BCUT2D eigenvalue weighted by Crippen LogP contribution is 2.35. The Kier molecular flexibility index (Phi) is 5.14. The van der Waals surface area contributed by atoms with Gasteiger partial charge in [-0.05, 0) is 49.0 Å². The van der Waals surface area contributed by atoms with Gasteiger partial charge in [-0.3, -0.25) is 9.59 Å². The molecule has 0 bridgehead atoms. The number of nitrogens with zero attached hydrogens (tertiary/aromatic N) is 6. The summed E-state index contributed by atoms with van der Waals surface area (Å²) in [4.78, 5) is 29.6. The Bertz CT molecular complexity index is 626. The van der Waals surface area contributed by atoms with Crippen molar-refractivity contribution in [3.8, 4) is 0 Å². The third-order valence-corrected chi connectivity index (χ3v) is 5.60. The van der Waals surface area contributed by atoms with E-state index in [1.165, 1.54) is 11.0 Å². The molecular formula is C17H26N6O3. The van der Waals surface area contributed by atoms with Crippen molar-refractivity contribution >= 4 is 11.8 Å². The second kappa shape index (κ2) is 7.69. The molecule has 3 aliphatic rings. The van der Waals surface area contributed by atoms with Gasteiger partial charge in [0.25, 0.3) is 0 Å². The Labute approximate surface area is 152 Å². The molecular weight excluding hydrogens is 336 g/mol. The summed E-state index contributed by atoms with van der Waals surface area (Å²) in [5.74, 6) is 0.495. The average molecular weight is 362 g/mol. The largest absolute Gasteiger partial charge is 0.381 e. The molecule has 0 N–H and O–H groups in total. The molecule has 0 spiro atoms. The Balaban J connectivity index is 1.44. The molecule has 2 amide bonds. The Morgan fingerprint density at radius 1 is 1.12 bits per heavy atom. The number of hydrogen-bond acceptors (Lipinski definition) is 6. The number of rotatable bonds is 5. The highest BCUT2D eigenvalue weighted by atomic mass is 16.5. The number of carbonyl (C=O) groups is 2. The molecule has 3 heterocycles. The van der Waals surface area contributed by atoms with Gasteiger partial charge in [0.15, 0.2) is 0 Å². The lowest BCUT2D eigenvalue weighted by Crippen LogP contribution is -2.56. The van der Waals surface area contributed by atoms with E-state index in [0.717, 1.165) is 45.1 Å². The van der Waals surface area contributed by atoms with Gasteiger partial charge in [0.2, 0.25) is 11.8 Å².